The van der Waals surface area contributed by atoms with Crippen molar-refractivity contribution in [3.05, 3.63) is 0 Å². The number of ether oxygens (including phenoxy) is 1. The zero-order valence-electron chi connectivity index (χ0n) is 9.96. The Hall–Kier alpha value is -0.580. The highest BCUT2D eigenvalue weighted by molar-refractivity contribution is 9.09. The number of halogens is 1. The highest BCUT2D eigenvalue weighted by Crippen LogP contribution is 2.21. The van der Waals surface area contributed by atoms with E-state index in [1.165, 1.54) is 0 Å². The predicted octanol–water partition coefficient (Wildman–Crippen LogP) is 1.71. The normalized spacial score (nSPS) is 21.0. The van der Waals surface area contributed by atoms with Crippen molar-refractivity contribution >= 4 is 27.8 Å². The van der Waals surface area contributed by atoms with Gasteiger partial charge in [-0.2, -0.15) is 0 Å². The summed E-state index contributed by atoms with van der Waals surface area (Å²) >= 11 is 3.12. The molecule has 16 heavy (non-hydrogen) atoms. The Morgan fingerprint density at radius 3 is 2.56 bits per heavy atom. The lowest BCUT2D eigenvalue weighted by molar-refractivity contribution is -0.162. The fourth-order valence-electron chi connectivity index (χ4n) is 1.76. The number of hydrogen-bond acceptors (Lipinski definition) is 3. The fourth-order valence-corrected chi connectivity index (χ4v) is 2.08. The minimum absolute atomic E-state index is 0.0478. The van der Waals surface area contributed by atoms with Crippen LogP contribution in [-0.2, 0) is 14.3 Å². The summed E-state index contributed by atoms with van der Waals surface area (Å²) in [6.45, 7) is 6.14. The molecule has 1 aliphatic heterocycles. The van der Waals surface area contributed by atoms with Crippen molar-refractivity contribution in [2.24, 2.45) is 0 Å². The molecule has 1 fully saturated rings. The zero-order chi connectivity index (χ0) is 12.3. The number of hydrogen-bond donors (Lipinski definition) is 0. The molecular formula is C11H18BrNO3. The second-order valence-corrected chi connectivity index (χ2v) is 5.47. The van der Waals surface area contributed by atoms with E-state index in [9.17, 15) is 9.59 Å². The molecule has 0 unspecified atom stereocenters. The van der Waals surface area contributed by atoms with Crippen LogP contribution in [0.25, 0.3) is 0 Å². The molecule has 0 saturated carbocycles. The fraction of sp³-hybridized carbons (Fsp3) is 0.818. The maximum atomic E-state index is 11.9. The Morgan fingerprint density at radius 1 is 1.44 bits per heavy atom. The van der Waals surface area contributed by atoms with E-state index in [0.29, 0.717) is 13.0 Å². The summed E-state index contributed by atoms with van der Waals surface area (Å²) in [4.78, 5) is 25.0. The molecule has 1 saturated heterocycles. The molecule has 4 nitrogen and oxygen atoms in total. The van der Waals surface area contributed by atoms with Gasteiger partial charge >= 0.3 is 5.97 Å². The van der Waals surface area contributed by atoms with Crippen LogP contribution < -0.4 is 0 Å². The summed E-state index contributed by atoms with van der Waals surface area (Å²) in [5, 5.41) is 0.256. The number of carbonyl (C=O) groups is 2. The molecule has 0 aromatic rings. The van der Waals surface area contributed by atoms with Crippen LogP contribution in [0.3, 0.4) is 0 Å². The summed E-state index contributed by atoms with van der Waals surface area (Å²) in [5.41, 5.74) is -0.497. The first-order valence-electron chi connectivity index (χ1n) is 5.43. The van der Waals surface area contributed by atoms with Crippen molar-refractivity contribution in [3.63, 3.8) is 0 Å². The van der Waals surface area contributed by atoms with E-state index in [0.717, 1.165) is 6.42 Å². The zero-order valence-corrected chi connectivity index (χ0v) is 11.5. The summed E-state index contributed by atoms with van der Waals surface area (Å²) in [7, 11) is 0. The largest absolute Gasteiger partial charge is 0.458 e. The second-order valence-electron chi connectivity index (χ2n) is 4.91. The predicted molar refractivity (Wildman–Crippen MR) is 64.4 cm³/mol. The highest BCUT2D eigenvalue weighted by Gasteiger charge is 2.36. The summed E-state index contributed by atoms with van der Waals surface area (Å²) in [5.74, 6) is -0.340. The topological polar surface area (TPSA) is 46.6 Å². The Balaban J connectivity index is 2.65. The van der Waals surface area contributed by atoms with Crippen LogP contribution in [0.4, 0.5) is 0 Å². The molecule has 0 radical (unpaired) electrons. The number of rotatable bonds is 2. The average molecular weight is 292 g/mol. The maximum Gasteiger partial charge on any atom is 0.329 e. The van der Waals surface area contributed by atoms with Crippen LogP contribution in [-0.4, -0.2) is 40.3 Å². The molecule has 1 heterocycles. The quantitative estimate of drug-likeness (QED) is 0.575. The van der Waals surface area contributed by atoms with E-state index in [1.807, 2.05) is 20.8 Å². The van der Waals surface area contributed by atoms with Crippen LogP contribution >= 0.6 is 15.9 Å². The first-order chi connectivity index (χ1) is 7.35. The van der Waals surface area contributed by atoms with E-state index in [2.05, 4.69) is 15.9 Å². The molecule has 0 N–H and O–H groups in total. The number of alkyl halides is 1. The SMILES string of the molecule is CC(C)(C)OC(=O)[C@@H]1CCCN1C(=O)CBr. The molecule has 0 aromatic heterocycles. The highest BCUT2D eigenvalue weighted by atomic mass is 79.9. The molecule has 1 rings (SSSR count). The maximum absolute atomic E-state index is 11.9. The van der Waals surface area contributed by atoms with Crippen LogP contribution in [0.5, 0.6) is 0 Å². The third-order valence-corrected chi connectivity index (χ3v) is 2.85. The summed E-state index contributed by atoms with van der Waals surface area (Å²) in [6.07, 6.45) is 1.57. The Bertz CT molecular complexity index is 285. The number of likely N-dealkylation sites (tertiary alicyclic amines) is 1. The lowest BCUT2D eigenvalue weighted by atomic mass is 10.1. The van der Waals surface area contributed by atoms with Gasteiger partial charge in [0.2, 0.25) is 5.91 Å². The standard InChI is InChI=1S/C11H18BrNO3/c1-11(2,3)16-10(15)8-5-4-6-13(8)9(14)7-12/h8H,4-7H2,1-3H3/t8-/m0/s1. The van der Waals surface area contributed by atoms with Crippen LogP contribution in [0.1, 0.15) is 33.6 Å². The molecule has 0 bridgehead atoms. The number of nitrogens with zero attached hydrogens (tertiary/aromatic N) is 1. The van der Waals surface area contributed by atoms with Gasteiger partial charge in [0.1, 0.15) is 11.6 Å². The van der Waals surface area contributed by atoms with Crippen molar-refractivity contribution in [2.75, 3.05) is 11.9 Å². The first-order valence-corrected chi connectivity index (χ1v) is 6.55. The molecule has 5 heteroatoms. The number of carbonyl (C=O) groups excluding carboxylic acids is 2. The molecule has 0 aliphatic carbocycles. The van der Waals surface area contributed by atoms with E-state index in [4.69, 9.17) is 4.74 Å². The van der Waals surface area contributed by atoms with Crippen molar-refractivity contribution in [3.8, 4) is 0 Å². The molecule has 1 atom stereocenters. The van der Waals surface area contributed by atoms with E-state index >= 15 is 0 Å². The molecule has 1 aliphatic rings. The number of amides is 1. The van der Waals surface area contributed by atoms with Crippen molar-refractivity contribution < 1.29 is 14.3 Å². The van der Waals surface area contributed by atoms with Crippen LogP contribution in [0.15, 0.2) is 0 Å². The van der Waals surface area contributed by atoms with Crippen molar-refractivity contribution in [1.82, 2.24) is 4.90 Å². The molecule has 92 valence electrons. The van der Waals surface area contributed by atoms with Gasteiger partial charge in [-0.15, -0.1) is 0 Å². The first kappa shape index (κ1) is 13.5. The van der Waals surface area contributed by atoms with Crippen molar-refractivity contribution in [1.29, 1.82) is 0 Å². The molecule has 0 aromatic carbocycles. The van der Waals surface area contributed by atoms with Crippen molar-refractivity contribution in [2.45, 2.75) is 45.3 Å². The van der Waals surface area contributed by atoms with E-state index < -0.39 is 11.6 Å². The minimum atomic E-state index is -0.497. The Morgan fingerprint density at radius 2 is 2.06 bits per heavy atom. The molecular weight excluding hydrogens is 274 g/mol. The lowest BCUT2D eigenvalue weighted by Gasteiger charge is -2.27. The van der Waals surface area contributed by atoms with Gasteiger partial charge < -0.3 is 9.64 Å². The lowest BCUT2D eigenvalue weighted by Crippen LogP contribution is -2.44. The monoisotopic (exact) mass is 291 g/mol. The van der Waals surface area contributed by atoms with E-state index in [1.54, 1.807) is 4.90 Å². The van der Waals surface area contributed by atoms with Gasteiger partial charge in [-0.1, -0.05) is 15.9 Å². The minimum Gasteiger partial charge on any atom is -0.458 e. The van der Waals surface area contributed by atoms with Gasteiger partial charge in [0.05, 0.1) is 5.33 Å². The third kappa shape index (κ3) is 3.47. The third-order valence-electron chi connectivity index (χ3n) is 2.37. The number of esters is 1. The summed E-state index contributed by atoms with van der Waals surface area (Å²) in [6, 6.07) is -0.399. The summed E-state index contributed by atoms with van der Waals surface area (Å²) < 4.78 is 5.30. The van der Waals surface area contributed by atoms with Crippen LogP contribution in [0, 0.1) is 0 Å². The van der Waals surface area contributed by atoms with E-state index in [-0.39, 0.29) is 17.2 Å². The van der Waals surface area contributed by atoms with Gasteiger partial charge in [0.15, 0.2) is 0 Å². The van der Waals surface area contributed by atoms with Gasteiger partial charge in [0.25, 0.3) is 0 Å². The van der Waals surface area contributed by atoms with Gasteiger partial charge in [0, 0.05) is 6.54 Å². The van der Waals surface area contributed by atoms with Gasteiger partial charge in [-0.05, 0) is 33.6 Å². The van der Waals surface area contributed by atoms with Crippen LogP contribution in [0.2, 0.25) is 0 Å². The Kier molecular flexibility index (Phi) is 4.35. The van der Waals surface area contributed by atoms with Gasteiger partial charge in [-0.25, -0.2) is 4.79 Å². The molecule has 0 spiro atoms. The second kappa shape index (κ2) is 5.17. The molecule has 1 amide bonds. The smallest absolute Gasteiger partial charge is 0.329 e. The van der Waals surface area contributed by atoms with Gasteiger partial charge in [-0.3, -0.25) is 4.79 Å². The average Bonchev–Trinajstić information content (AvgIpc) is 2.62. The Labute approximate surface area is 104 Å².